The van der Waals surface area contributed by atoms with Gasteiger partial charge in [-0.25, -0.2) is 0 Å². The van der Waals surface area contributed by atoms with Crippen LogP contribution in [0.4, 0.5) is 5.13 Å². The molecule has 0 spiro atoms. The zero-order valence-electron chi connectivity index (χ0n) is 15.8. The van der Waals surface area contributed by atoms with E-state index >= 15 is 0 Å². The summed E-state index contributed by atoms with van der Waals surface area (Å²) in [6.07, 6.45) is 2.35. The van der Waals surface area contributed by atoms with Gasteiger partial charge in [0.25, 0.3) is 0 Å². The summed E-state index contributed by atoms with van der Waals surface area (Å²) in [6.45, 7) is 7.22. The number of nitrogens with two attached hydrogens (primary N) is 1. The number of carbonyl (C=O) groups is 2. The Morgan fingerprint density at radius 2 is 2.00 bits per heavy atom. The van der Waals surface area contributed by atoms with Gasteiger partial charge in [-0.2, -0.15) is 0 Å². The average Bonchev–Trinajstić information content (AvgIpc) is 3.20. The van der Waals surface area contributed by atoms with Gasteiger partial charge in [-0.15, -0.1) is 10.2 Å². The second kappa shape index (κ2) is 7.11. The van der Waals surface area contributed by atoms with Crippen LogP contribution in [-0.2, 0) is 10.3 Å². The lowest BCUT2D eigenvalue weighted by Crippen LogP contribution is -2.44. The molecule has 3 aromatic rings. The van der Waals surface area contributed by atoms with Crippen LogP contribution in [0.2, 0.25) is 0 Å². The van der Waals surface area contributed by atoms with E-state index in [1.165, 1.54) is 18.3 Å². The van der Waals surface area contributed by atoms with Crippen molar-refractivity contribution < 1.29 is 9.59 Å². The maximum Gasteiger partial charge on any atom is 0.243 e. The number of nitrogen functional groups attached to an aromatic ring is 1. The number of rotatable bonds is 6. The van der Waals surface area contributed by atoms with E-state index in [-0.39, 0.29) is 11.7 Å². The van der Waals surface area contributed by atoms with E-state index in [1.54, 1.807) is 6.20 Å². The van der Waals surface area contributed by atoms with Crippen LogP contribution in [0.1, 0.15) is 55.5 Å². The number of nitrogens with one attached hydrogen (secondary N) is 1. The summed E-state index contributed by atoms with van der Waals surface area (Å²) >= 11 is 1.25. The van der Waals surface area contributed by atoms with E-state index in [0.29, 0.717) is 22.1 Å². The highest BCUT2D eigenvalue weighted by Gasteiger charge is 2.31. The minimum Gasteiger partial charge on any atom is -0.374 e. The molecular weight excluding hydrogens is 362 g/mol. The zero-order chi connectivity index (χ0) is 19.8. The van der Waals surface area contributed by atoms with Crippen molar-refractivity contribution in [1.82, 2.24) is 20.1 Å². The Balaban J connectivity index is 1.96. The smallest absolute Gasteiger partial charge is 0.243 e. The van der Waals surface area contributed by atoms with E-state index < -0.39 is 11.6 Å². The molecule has 0 saturated carbocycles. The number of ketones is 1. The number of carbonyl (C=O) groups excluding carboxylic acids is 2. The molecule has 3 N–H and O–H groups in total. The number of nitrogens with zero attached hydrogens (tertiary/aromatic N) is 3. The van der Waals surface area contributed by atoms with Crippen molar-refractivity contribution in [3.8, 4) is 0 Å². The summed E-state index contributed by atoms with van der Waals surface area (Å²) in [4.78, 5) is 25.1. The van der Waals surface area contributed by atoms with Crippen LogP contribution in [0.15, 0.2) is 30.5 Å². The van der Waals surface area contributed by atoms with E-state index in [9.17, 15) is 9.59 Å². The first-order chi connectivity index (χ1) is 12.7. The Morgan fingerprint density at radius 1 is 1.30 bits per heavy atom. The van der Waals surface area contributed by atoms with Gasteiger partial charge >= 0.3 is 0 Å². The van der Waals surface area contributed by atoms with Gasteiger partial charge in [0.1, 0.15) is 11.0 Å². The molecule has 1 unspecified atom stereocenters. The average molecular weight is 385 g/mol. The fourth-order valence-corrected chi connectivity index (χ4v) is 3.85. The third-order valence-corrected chi connectivity index (χ3v) is 5.63. The number of amides is 1. The maximum atomic E-state index is 13.1. The highest BCUT2D eigenvalue weighted by molar-refractivity contribution is 7.15. The molecule has 0 aliphatic carbocycles. The molecule has 0 aliphatic rings. The number of hydrogen-bond acceptors (Lipinski definition) is 6. The fourth-order valence-electron chi connectivity index (χ4n) is 3.18. The van der Waals surface area contributed by atoms with E-state index in [1.807, 2.05) is 49.6 Å². The predicted octanol–water partition coefficient (Wildman–Crippen LogP) is 3.28. The molecular formula is C19H23N5O2S. The van der Waals surface area contributed by atoms with Crippen LogP contribution in [0.25, 0.3) is 10.9 Å². The van der Waals surface area contributed by atoms with Crippen LogP contribution < -0.4 is 11.1 Å². The summed E-state index contributed by atoms with van der Waals surface area (Å²) in [5.41, 5.74) is 6.45. The molecule has 0 aliphatic heterocycles. The number of para-hydroxylation sites is 1. The summed E-state index contributed by atoms with van der Waals surface area (Å²) < 4.78 is 1.88. The lowest BCUT2D eigenvalue weighted by atomic mass is 10.1. The lowest BCUT2D eigenvalue weighted by Gasteiger charge is -2.27. The molecule has 0 fully saturated rings. The molecule has 1 amide bonds. The Labute approximate surface area is 161 Å². The normalized spacial score (nSPS) is 12.9. The molecule has 2 aromatic heterocycles. The van der Waals surface area contributed by atoms with Crippen molar-refractivity contribution in [2.45, 2.75) is 45.7 Å². The molecule has 1 atom stereocenters. The summed E-state index contributed by atoms with van der Waals surface area (Å²) in [5.74, 6) is -0.169. The van der Waals surface area contributed by atoms with Crippen molar-refractivity contribution in [2.24, 2.45) is 0 Å². The number of anilines is 1. The summed E-state index contributed by atoms with van der Waals surface area (Å²) in [5, 5.41) is 12.8. The molecule has 142 valence electrons. The van der Waals surface area contributed by atoms with Crippen LogP contribution in [-0.4, -0.2) is 26.5 Å². The van der Waals surface area contributed by atoms with Gasteiger partial charge in [-0.1, -0.05) is 36.5 Å². The molecule has 0 saturated heterocycles. The first kappa shape index (κ1) is 19.0. The molecule has 0 bridgehead atoms. The highest BCUT2D eigenvalue weighted by atomic mass is 32.1. The van der Waals surface area contributed by atoms with Crippen molar-refractivity contribution in [3.05, 3.63) is 41.0 Å². The quantitative estimate of drug-likeness (QED) is 0.634. The highest BCUT2D eigenvalue weighted by Crippen LogP contribution is 2.29. The van der Waals surface area contributed by atoms with Crippen molar-refractivity contribution in [3.63, 3.8) is 0 Å². The van der Waals surface area contributed by atoms with E-state index in [4.69, 9.17) is 5.73 Å². The second-order valence-corrected chi connectivity index (χ2v) is 8.02. The van der Waals surface area contributed by atoms with Crippen molar-refractivity contribution >= 4 is 39.1 Å². The third-order valence-electron chi connectivity index (χ3n) is 4.56. The van der Waals surface area contributed by atoms with Crippen LogP contribution >= 0.6 is 11.3 Å². The molecule has 1 aromatic carbocycles. The van der Waals surface area contributed by atoms with E-state index in [0.717, 1.165) is 10.9 Å². The molecule has 2 heterocycles. The minimum atomic E-state index is -0.702. The predicted molar refractivity (Wildman–Crippen MR) is 107 cm³/mol. The standard InChI is InChI=1S/C19H23N5O2S/c1-5-14(16(26)21-19(3,4)17-22-23-18(20)27-17)24-10-13(11(2)25)12-8-6-7-9-15(12)24/h6-10,14H,5H2,1-4H3,(H2,20,23)(H,21,26). The van der Waals surface area contributed by atoms with Crippen molar-refractivity contribution in [2.75, 3.05) is 5.73 Å². The number of benzene rings is 1. The summed E-state index contributed by atoms with van der Waals surface area (Å²) in [7, 11) is 0. The largest absolute Gasteiger partial charge is 0.374 e. The molecule has 8 heteroatoms. The third kappa shape index (κ3) is 3.57. The Bertz CT molecular complexity index is 1000. The van der Waals surface area contributed by atoms with Gasteiger partial charge in [0.05, 0.1) is 5.54 Å². The van der Waals surface area contributed by atoms with Crippen LogP contribution in [0, 0.1) is 0 Å². The first-order valence-corrected chi connectivity index (χ1v) is 9.58. The minimum absolute atomic E-state index is 0.0233. The Hall–Kier alpha value is -2.74. The molecule has 3 rings (SSSR count). The zero-order valence-corrected chi connectivity index (χ0v) is 16.6. The Morgan fingerprint density at radius 3 is 2.59 bits per heavy atom. The van der Waals surface area contributed by atoms with Gasteiger partial charge in [-0.05, 0) is 33.3 Å². The lowest BCUT2D eigenvalue weighted by molar-refractivity contribution is -0.126. The van der Waals surface area contributed by atoms with Gasteiger partial charge in [0, 0.05) is 22.7 Å². The SMILES string of the molecule is CCC(C(=O)NC(C)(C)c1nnc(N)s1)n1cc(C(C)=O)c2ccccc21. The molecule has 7 nitrogen and oxygen atoms in total. The van der Waals surface area contributed by atoms with Crippen LogP contribution in [0.5, 0.6) is 0 Å². The Kier molecular flexibility index (Phi) is 5.01. The number of hydrogen-bond donors (Lipinski definition) is 2. The number of fused-ring (bicyclic) bond motifs is 1. The topological polar surface area (TPSA) is 103 Å². The fraction of sp³-hybridized carbons (Fsp3) is 0.368. The molecule has 27 heavy (non-hydrogen) atoms. The van der Waals surface area contributed by atoms with Gasteiger partial charge in [0.2, 0.25) is 11.0 Å². The monoisotopic (exact) mass is 385 g/mol. The van der Waals surface area contributed by atoms with Crippen LogP contribution in [0.3, 0.4) is 0 Å². The van der Waals surface area contributed by atoms with Gasteiger partial charge in [-0.3, -0.25) is 9.59 Å². The van der Waals surface area contributed by atoms with Crippen molar-refractivity contribution in [1.29, 1.82) is 0 Å². The second-order valence-electron chi connectivity index (χ2n) is 7.01. The van der Waals surface area contributed by atoms with E-state index in [2.05, 4.69) is 15.5 Å². The van der Waals surface area contributed by atoms with Gasteiger partial charge < -0.3 is 15.6 Å². The molecule has 0 radical (unpaired) electrons. The number of aromatic nitrogens is 3. The summed E-state index contributed by atoms with van der Waals surface area (Å²) in [6, 6.07) is 7.17. The van der Waals surface area contributed by atoms with Gasteiger partial charge in [0.15, 0.2) is 5.78 Å². The number of Topliss-reactive ketones (excluding diaryl/α,β-unsaturated/α-hetero) is 1. The first-order valence-electron chi connectivity index (χ1n) is 8.76. The maximum absolute atomic E-state index is 13.1.